The Labute approximate surface area is 88.9 Å². The third-order valence-corrected chi connectivity index (χ3v) is 3.10. The van der Waals surface area contributed by atoms with Gasteiger partial charge in [0.15, 0.2) is 0 Å². The van der Waals surface area contributed by atoms with Crippen LogP contribution in [-0.2, 0) is 0 Å². The minimum absolute atomic E-state index is 0.567. The summed E-state index contributed by atoms with van der Waals surface area (Å²) in [4.78, 5) is 8.07. The van der Waals surface area contributed by atoms with Gasteiger partial charge in [0.25, 0.3) is 0 Å². The van der Waals surface area contributed by atoms with Gasteiger partial charge in [-0.05, 0) is 37.6 Å². The largest absolute Gasteiger partial charge is 0.342 e. The molecule has 0 radical (unpaired) electrons. The van der Waals surface area contributed by atoms with Gasteiger partial charge in [-0.15, -0.1) is 0 Å². The van der Waals surface area contributed by atoms with E-state index in [2.05, 4.69) is 40.4 Å². The van der Waals surface area contributed by atoms with E-state index in [-0.39, 0.29) is 0 Å². The number of benzene rings is 1. The summed E-state index contributed by atoms with van der Waals surface area (Å²) in [6.07, 6.45) is 1.19. The summed E-state index contributed by atoms with van der Waals surface area (Å²) >= 11 is 0. The van der Waals surface area contributed by atoms with Crippen LogP contribution in [0.1, 0.15) is 23.7 Å². The van der Waals surface area contributed by atoms with Crippen LogP contribution in [0.15, 0.2) is 18.2 Å². The van der Waals surface area contributed by atoms with Crippen molar-refractivity contribution in [3.05, 3.63) is 29.6 Å². The van der Waals surface area contributed by atoms with Gasteiger partial charge >= 0.3 is 0 Å². The van der Waals surface area contributed by atoms with Crippen LogP contribution in [0.5, 0.6) is 0 Å². The summed E-state index contributed by atoms with van der Waals surface area (Å²) in [6, 6.07) is 6.36. The molecule has 15 heavy (non-hydrogen) atoms. The molecule has 1 atom stereocenters. The Morgan fingerprint density at radius 1 is 1.40 bits per heavy atom. The van der Waals surface area contributed by atoms with E-state index >= 15 is 0 Å². The van der Waals surface area contributed by atoms with E-state index in [1.54, 1.807) is 0 Å². The van der Waals surface area contributed by atoms with E-state index in [1.807, 2.05) is 0 Å². The zero-order valence-electron chi connectivity index (χ0n) is 8.88. The normalized spacial score (nSPS) is 21.3. The Morgan fingerprint density at radius 2 is 2.33 bits per heavy atom. The highest BCUT2D eigenvalue weighted by Crippen LogP contribution is 2.22. The summed E-state index contributed by atoms with van der Waals surface area (Å²) in [6.45, 7) is 4.27. The van der Waals surface area contributed by atoms with Gasteiger partial charge in [-0.2, -0.15) is 0 Å². The van der Waals surface area contributed by atoms with Crippen molar-refractivity contribution in [1.29, 1.82) is 0 Å². The molecule has 2 N–H and O–H groups in total. The third-order valence-electron chi connectivity index (χ3n) is 3.10. The molecule has 1 saturated heterocycles. The van der Waals surface area contributed by atoms with E-state index < -0.39 is 0 Å². The summed E-state index contributed by atoms with van der Waals surface area (Å²) in [5.74, 6) is 1.71. The summed E-state index contributed by atoms with van der Waals surface area (Å²) < 4.78 is 0. The number of aromatic nitrogens is 2. The molecule has 0 saturated carbocycles. The fraction of sp³-hybridized carbons (Fsp3) is 0.417. The van der Waals surface area contributed by atoms with Crippen molar-refractivity contribution in [3.8, 4) is 0 Å². The first-order valence-corrected chi connectivity index (χ1v) is 5.50. The molecule has 3 heteroatoms. The highest BCUT2D eigenvalue weighted by atomic mass is 15.0. The molecule has 2 aromatic rings. The van der Waals surface area contributed by atoms with Crippen molar-refractivity contribution < 1.29 is 0 Å². The maximum absolute atomic E-state index is 4.64. The van der Waals surface area contributed by atoms with E-state index in [1.165, 1.54) is 12.0 Å². The number of nitrogens with zero attached hydrogens (tertiary/aromatic N) is 1. The first kappa shape index (κ1) is 8.92. The van der Waals surface area contributed by atoms with Gasteiger partial charge in [-0.25, -0.2) is 4.98 Å². The molecule has 0 aliphatic carbocycles. The molecule has 0 spiro atoms. The summed E-state index contributed by atoms with van der Waals surface area (Å²) in [5, 5.41) is 3.37. The molecular formula is C12H15N3. The van der Waals surface area contributed by atoms with Gasteiger partial charge < -0.3 is 10.3 Å². The predicted octanol–water partition coefficient (Wildman–Crippen LogP) is 1.95. The van der Waals surface area contributed by atoms with E-state index in [4.69, 9.17) is 0 Å². The number of aromatic amines is 1. The smallest absolute Gasteiger partial charge is 0.111 e. The molecule has 1 unspecified atom stereocenters. The third kappa shape index (κ3) is 1.53. The van der Waals surface area contributed by atoms with Crippen LogP contribution in [0.2, 0.25) is 0 Å². The van der Waals surface area contributed by atoms with E-state index in [0.29, 0.717) is 5.92 Å². The van der Waals surface area contributed by atoms with Gasteiger partial charge in [0.1, 0.15) is 5.82 Å². The lowest BCUT2D eigenvalue weighted by atomic mass is 10.1. The molecule has 1 fully saturated rings. The molecule has 1 aliphatic heterocycles. The lowest BCUT2D eigenvalue weighted by molar-refractivity contribution is 0.717. The van der Waals surface area contributed by atoms with Gasteiger partial charge in [-0.1, -0.05) is 6.07 Å². The van der Waals surface area contributed by atoms with Crippen LogP contribution in [0.3, 0.4) is 0 Å². The Morgan fingerprint density at radius 3 is 3.13 bits per heavy atom. The van der Waals surface area contributed by atoms with Gasteiger partial charge in [-0.3, -0.25) is 0 Å². The first-order chi connectivity index (χ1) is 7.33. The molecule has 3 rings (SSSR count). The average molecular weight is 201 g/mol. The fourth-order valence-electron chi connectivity index (χ4n) is 2.22. The Balaban J connectivity index is 2.05. The molecule has 1 aliphatic rings. The molecule has 0 bridgehead atoms. The van der Waals surface area contributed by atoms with Gasteiger partial charge in [0.2, 0.25) is 0 Å². The van der Waals surface area contributed by atoms with Crippen molar-refractivity contribution >= 4 is 11.0 Å². The molecule has 1 aromatic carbocycles. The molecular weight excluding hydrogens is 186 g/mol. The van der Waals surface area contributed by atoms with Gasteiger partial charge in [0.05, 0.1) is 11.0 Å². The molecule has 1 aromatic heterocycles. The van der Waals surface area contributed by atoms with Crippen LogP contribution in [0, 0.1) is 6.92 Å². The molecule has 0 amide bonds. The molecule has 78 valence electrons. The second kappa shape index (κ2) is 3.35. The zero-order chi connectivity index (χ0) is 10.3. The number of rotatable bonds is 1. The predicted molar refractivity (Wildman–Crippen MR) is 61.1 cm³/mol. The lowest BCUT2D eigenvalue weighted by Gasteiger charge is -2.01. The summed E-state index contributed by atoms with van der Waals surface area (Å²) in [5.41, 5.74) is 3.53. The highest BCUT2D eigenvalue weighted by Gasteiger charge is 2.19. The Kier molecular flexibility index (Phi) is 1.99. The number of H-pyrrole nitrogens is 1. The average Bonchev–Trinajstić information content (AvgIpc) is 2.84. The van der Waals surface area contributed by atoms with Crippen LogP contribution in [0.25, 0.3) is 11.0 Å². The highest BCUT2D eigenvalue weighted by molar-refractivity contribution is 5.75. The maximum Gasteiger partial charge on any atom is 0.111 e. The SMILES string of the molecule is Cc1ccc2nc(C3CCNC3)[nH]c2c1. The van der Waals surface area contributed by atoms with Crippen molar-refractivity contribution in [3.63, 3.8) is 0 Å². The number of nitrogens with one attached hydrogen (secondary N) is 2. The maximum atomic E-state index is 4.64. The number of hydrogen-bond donors (Lipinski definition) is 2. The van der Waals surface area contributed by atoms with Crippen molar-refractivity contribution in [2.75, 3.05) is 13.1 Å². The topological polar surface area (TPSA) is 40.7 Å². The number of hydrogen-bond acceptors (Lipinski definition) is 2. The molecule has 3 nitrogen and oxygen atoms in total. The van der Waals surface area contributed by atoms with Crippen molar-refractivity contribution in [2.24, 2.45) is 0 Å². The first-order valence-electron chi connectivity index (χ1n) is 5.50. The monoisotopic (exact) mass is 201 g/mol. The lowest BCUT2D eigenvalue weighted by Crippen LogP contribution is -2.08. The second-order valence-electron chi connectivity index (χ2n) is 4.33. The van der Waals surface area contributed by atoms with Crippen LogP contribution in [-0.4, -0.2) is 23.1 Å². The minimum Gasteiger partial charge on any atom is -0.342 e. The number of fused-ring (bicyclic) bond motifs is 1. The number of imidazole rings is 1. The Bertz CT molecular complexity index is 481. The van der Waals surface area contributed by atoms with E-state index in [9.17, 15) is 0 Å². The fourth-order valence-corrected chi connectivity index (χ4v) is 2.22. The quantitative estimate of drug-likeness (QED) is 0.740. The summed E-state index contributed by atoms with van der Waals surface area (Å²) in [7, 11) is 0. The number of aryl methyl sites for hydroxylation is 1. The van der Waals surface area contributed by atoms with Crippen LogP contribution >= 0.6 is 0 Å². The van der Waals surface area contributed by atoms with E-state index in [0.717, 1.165) is 29.9 Å². The zero-order valence-corrected chi connectivity index (χ0v) is 8.88. The van der Waals surface area contributed by atoms with Crippen molar-refractivity contribution in [2.45, 2.75) is 19.3 Å². The standard InChI is InChI=1S/C12H15N3/c1-8-2-3-10-11(6-8)15-12(14-10)9-4-5-13-7-9/h2-3,6,9,13H,4-5,7H2,1H3,(H,14,15). The van der Waals surface area contributed by atoms with Crippen LogP contribution < -0.4 is 5.32 Å². The Hall–Kier alpha value is -1.35. The molecule has 2 heterocycles. The second-order valence-corrected chi connectivity index (χ2v) is 4.33. The van der Waals surface area contributed by atoms with Gasteiger partial charge in [0, 0.05) is 12.5 Å². The van der Waals surface area contributed by atoms with Crippen molar-refractivity contribution in [1.82, 2.24) is 15.3 Å². The minimum atomic E-state index is 0.567. The van der Waals surface area contributed by atoms with Crippen LogP contribution in [0.4, 0.5) is 0 Å².